The average molecular weight is 480 g/mol. The number of amides is 1. The first-order valence-electron chi connectivity index (χ1n) is 9.45. The van der Waals surface area contributed by atoms with E-state index >= 15 is 0 Å². The molecule has 8 nitrogen and oxygen atoms in total. The minimum absolute atomic E-state index is 0.0597. The number of phenolic OH excluding ortho intramolecular Hbond substituents is 1. The number of carbonyl (C=O) groups excluding carboxylic acids is 1. The van der Waals surface area contributed by atoms with E-state index in [0.29, 0.717) is 5.56 Å². The van der Waals surface area contributed by atoms with Crippen molar-refractivity contribution in [3.63, 3.8) is 0 Å². The third-order valence-electron chi connectivity index (χ3n) is 4.89. The number of phenols is 1. The predicted molar refractivity (Wildman–Crippen MR) is 122 cm³/mol. The standard InChI is InChI=1S/C22H19BrN6O2/c1-13-21(14(2)29(28-13)17-6-4-3-5-7-17)18-11-19(26-25-18)22(31)27-24-12-15-10-16(23)8-9-20(15)30/h3-12,21,28H,1H2,2H3,(H2-,24,25,26,27,30,31)/p+1/t21-/m0/s1. The van der Waals surface area contributed by atoms with Gasteiger partial charge in [-0.1, -0.05) is 45.4 Å². The molecule has 0 aliphatic carbocycles. The van der Waals surface area contributed by atoms with Gasteiger partial charge in [-0.05, 0) is 24.3 Å². The lowest BCUT2D eigenvalue weighted by atomic mass is 9.98. The van der Waals surface area contributed by atoms with E-state index in [4.69, 9.17) is 0 Å². The molecule has 1 aromatic heterocycles. The van der Waals surface area contributed by atoms with E-state index in [-0.39, 0.29) is 17.4 Å². The second kappa shape index (κ2) is 8.57. The summed E-state index contributed by atoms with van der Waals surface area (Å²) in [4.78, 5) is 12.4. The average Bonchev–Trinajstić information content (AvgIpc) is 3.35. The number of aromatic amines is 1. The smallest absolute Gasteiger partial charge is 0.291 e. The maximum Gasteiger partial charge on any atom is 0.291 e. The molecule has 9 heteroatoms. The normalized spacial score (nSPS) is 16.1. The highest BCUT2D eigenvalue weighted by Gasteiger charge is 2.37. The zero-order valence-corrected chi connectivity index (χ0v) is 18.2. The second-order valence-corrected chi connectivity index (χ2v) is 7.91. The molecule has 0 radical (unpaired) electrons. The number of benzene rings is 2. The predicted octanol–water partition coefficient (Wildman–Crippen LogP) is 3.56. The number of halogens is 1. The Hall–Kier alpha value is -3.72. The number of nitrogens with zero attached hydrogens (tertiary/aromatic N) is 3. The van der Waals surface area contributed by atoms with E-state index in [2.05, 4.69) is 48.7 Å². The maximum atomic E-state index is 12.4. The van der Waals surface area contributed by atoms with Crippen LogP contribution in [0.4, 0.5) is 5.69 Å². The van der Waals surface area contributed by atoms with E-state index < -0.39 is 5.91 Å². The van der Waals surface area contributed by atoms with Gasteiger partial charge in [-0.25, -0.2) is 5.43 Å². The van der Waals surface area contributed by atoms with Gasteiger partial charge in [0.1, 0.15) is 11.7 Å². The number of aromatic nitrogens is 2. The van der Waals surface area contributed by atoms with Gasteiger partial charge in [0.05, 0.1) is 17.6 Å². The summed E-state index contributed by atoms with van der Waals surface area (Å²) >= 11 is 3.33. The van der Waals surface area contributed by atoms with Gasteiger partial charge >= 0.3 is 0 Å². The van der Waals surface area contributed by atoms with E-state index in [0.717, 1.165) is 27.3 Å². The lowest BCUT2D eigenvalue weighted by Gasteiger charge is -2.02. The molecule has 0 saturated carbocycles. The molecule has 3 aromatic rings. The minimum atomic E-state index is -0.470. The number of hydrogen-bond donors (Lipinski definition) is 4. The summed E-state index contributed by atoms with van der Waals surface area (Å²) in [6.07, 6.45) is 1.37. The van der Waals surface area contributed by atoms with Gasteiger partial charge < -0.3 is 5.11 Å². The number of hydrazone groups is 2. The third kappa shape index (κ3) is 4.26. The second-order valence-electron chi connectivity index (χ2n) is 6.99. The fourth-order valence-electron chi connectivity index (χ4n) is 3.38. The molecule has 4 N–H and O–H groups in total. The lowest BCUT2D eigenvalue weighted by Crippen LogP contribution is -2.18. The molecule has 0 bridgehead atoms. The van der Waals surface area contributed by atoms with Crippen LogP contribution >= 0.6 is 15.9 Å². The largest absolute Gasteiger partial charge is 0.507 e. The molecule has 1 atom stereocenters. The Morgan fingerprint density at radius 3 is 2.84 bits per heavy atom. The third-order valence-corrected chi connectivity index (χ3v) is 5.38. The Labute approximate surface area is 187 Å². The first-order valence-corrected chi connectivity index (χ1v) is 10.2. The summed E-state index contributed by atoms with van der Waals surface area (Å²) in [5, 5.41) is 20.8. The lowest BCUT2D eigenvalue weighted by molar-refractivity contribution is -0.490. The van der Waals surface area contributed by atoms with Crippen molar-refractivity contribution >= 4 is 39.5 Å². The molecule has 2 heterocycles. The van der Waals surface area contributed by atoms with Gasteiger partial charge in [0.2, 0.25) is 11.4 Å². The highest BCUT2D eigenvalue weighted by atomic mass is 79.9. The van der Waals surface area contributed by atoms with Crippen molar-refractivity contribution in [2.24, 2.45) is 5.10 Å². The van der Waals surface area contributed by atoms with Crippen molar-refractivity contribution in [3.8, 4) is 5.75 Å². The number of H-pyrrole nitrogens is 1. The van der Waals surface area contributed by atoms with Crippen molar-refractivity contribution < 1.29 is 14.6 Å². The Kier molecular flexibility index (Phi) is 5.68. The molecule has 1 aliphatic heterocycles. The van der Waals surface area contributed by atoms with Gasteiger partial charge in [-0.15, -0.1) is 0 Å². The van der Waals surface area contributed by atoms with Crippen LogP contribution in [0.1, 0.15) is 34.6 Å². The Bertz CT molecular complexity index is 1220. The molecule has 2 aromatic carbocycles. The van der Waals surface area contributed by atoms with Crippen LogP contribution in [0, 0.1) is 0 Å². The number of carbonyl (C=O) groups is 1. The summed E-state index contributed by atoms with van der Waals surface area (Å²) < 4.78 is 2.75. The number of hydrogen-bond acceptors (Lipinski definition) is 5. The first kappa shape index (κ1) is 20.5. The highest BCUT2D eigenvalue weighted by Crippen LogP contribution is 2.29. The molecule has 0 spiro atoms. The van der Waals surface area contributed by atoms with Crippen molar-refractivity contribution in [1.29, 1.82) is 0 Å². The number of para-hydroxylation sites is 1. The summed E-state index contributed by atoms with van der Waals surface area (Å²) in [5.74, 6) is -0.566. The van der Waals surface area contributed by atoms with Crippen LogP contribution < -0.4 is 10.9 Å². The molecular formula is C22H20BrN6O2+. The monoisotopic (exact) mass is 479 g/mol. The van der Waals surface area contributed by atoms with Crippen molar-refractivity contribution in [2.75, 3.05) is 0 Å². The Morgan fingerprint density at radius 1 is 1.29 bits per heavy atom. The summed E-state index contributed by atoms with van der Waals surface area (Å²) in [6, 6.07) is 16.5. The first-order chi connectivity index (χ1) is 14.9. The fraction of sp³-hybridized carbons (Fsp3) is 0.0909. The van der Waals surface area contributed by atoms with Gasteiger partial charge in [0, 0.05) is 29.1 Å². The van der Waals surface area contributed by atoms with Gasteiger partial charge in [-0.3, -0.25) is 9.89 Å². The van der Waals surface area contributed by atoms with Crippen LogP contribution in [0.3, 0.4) is 0 Å². The summed E-state index contributed by atoms with van der Waals surface area (Å²) in [7, 11) is 0. The SMILES string of the molecule is C=C1N[N+](c2ccccc2)=C(C)[C@H]1c1cc(C(=O)N/N=C/c2cc(Br)ccc2O)n[nH]1. The van der Waals surface area contributed by atoms with Crippen molar-refractivity contribution in [1.82, 2.24) is 21.0 Å². The zero-order valence-electron chi connectivity index (χ0n) is 16.6. The van der Waals surface area contributed by atoms with E-state index in [1.54, 1.807) is 18.2 Å². The number of rotatable bonds is 5. The van der Waals surface area contributed by atoms with Crippen LogP contribution in [0.2, 0.25) is 0 Å². The molecule has 31 heavy (non-hydrogen) atoms. The quantitative estimate of drug-likeness (QED) is 0.255. The number of hydrazine groups is 1. The number of aromatic hydroxyl groups is 1. The fourth-order valence-corrected chi connectivity index (χ4v) is 3.76. The highest BCUT2D eigenvalue weighted by molar-refractivity contribution is 9.10. The van der Waals surface area contributed by atoms with E-state index in [1.165, 1.54) is 12.3 Å². The maximum absolute atomic E-state index is 12.4. The molecule has 0 fully saturated rings. The van der Waals surface area contributed by atoms with Crippen LogP contribution in [-0.2, 0) is 0 Å². The molecule has 1 amide bonds. The van der Waals surface area contributed by atoms with Crippen LogP contribution in [0.15, 0.2) is 76.4 Å². The summed E-state index contributed by atoms with van der Waals surface area (Å²) in [6.45, 7) is 6.12. The molecular weight excluding hydrogens is 460 g/mol. The Morgan fingerprint density at radius 2 is 2.06 bits per heavy atom. The number of nitrogens with one attached hydrogen (secondary N) is 3. The molecule has 0 saturated heterocycles. The van der Waals surface area contributed by atoms with Gasteiger partial charge in [0.25, 0.3) is 5.91 Å². The number of allylic oxidation sites excluding steroid dienone is 1. The van der Waals surface area contributed by atoms with Crippen LogP contribution in [-0.4, -0.2) is 37.8 Å². The molecule has 1 aliphatic rings. The molecule has 156 valence electrons. The van der Waals surface area contributed by atoms with E-state index in [1.807, 2.05) is 41.9 Å². The minimum Gasteiger partial charge on any atom is -0.507 e. The topological polar surface area (TPSA) is 105 Å². The zero-order chi connectivity index (χ0) is 22.0. The molecule has 4 rings (SSSR count). The Balaban J connectivity index is 1.49. The van der Waals surface area contributed by atoms with Gasteiger partial charge in [0.15, 0.2) is 5.69 Å². The summed E-state index contributed by atoms with van der Waals surface area (Å²) in [5.41, 5.74) is 9.88. The van der Waals surface area contributed by atoms with Gasteiger partial charge in [-0.2, -0.15) is 15.6 Å². The van der Waals surface area contributed by atoms with Crippen molar-refractivity contribution in [2.45, 2.75) is 12.8 Å². The van der Waals surface area contributed by atoms with Crippen molar-refractivity contribution in [3.05, 3.63) is 88.3 Å². The van der Waals surface area contributed by atoms with E-state index in [9.17, 15) is 9.90 Å². The molecule has 0 unspecified atom stereocenters. The van der Waals surface area contributed by atoms with Crippen LogP contribution in [0.25, 0.3) is 0 Å². The van der Waals surface area contributed by atoms with Crippen LogP contribution in [0.5, 0.6) is 5.75 Å².